The quantitative estimate of drug-likeness (QED) is 0.875. The fourth-order valence-electron chi connectivity index (χ4n) is 3.06. The average molecular weight is 312 g/mol. The molecule has 0 bridgehead atoms. The third kappa shape index (κ3) is 4.61. The Morgan fingerprint density at radius 2 is 2.29 bits per heavy atom. The zero-order valence-electron chi connectivity index (χ0n) is 12.3. The van der Waals surface area contributed by atoms with Crippen LogP contribution < -0.4 is 0 Å². The Hall–Kier alpha value is -1.26. The minimum absolute atomic E-state index is 0.179. The van der Waals surface area contributed by atoms with Crippen molar-refractivity contribution in [2.24, 2.45) is 11.8 Å². The van der Waals surface area contributed by atoms with Gasteiger partial charge in [-0.05, 0) is 49.4 Å². The van der Waals surface area contributed by atoms with Gasteiger partial charge in [0, 0.05) is 30.1 Å². The van der Waals surface area contributed by atoms with E-state index in [9.17, 15) is 9.90 Å². The van der Waals surface area contributed by atoms with Crippen LogP contribution in [-0.2, 0) is 11.3 Å². The van der Waals surface area contributed by atoms with Gasteiger partial charge in [0.1, 0.15) is 5.75 Å². The van der Waals surface area contributed by atoms with Crippen LogP contribution in [0.15, 0.2) is 18.2 Å². The molecule has 1 aromatic rings. The van der Waals surface area contributed by atoms with E-state index in [0.717, 1.165) is 31.5 Å². The first-order valence-electron chi connectivity index (χ1n) is 7.37. The maximum atomic E-state index is 10.8. The van der Waals surface area contributed by atoms with Gasteiger partial charge in [0.15, 0.2) is 0 Å². The number of likely N-dealkylation sites (tertiary alicyclic amines) is 1. The highest BCUT2D eigenvalue weighted by atomic mass is 35.5. The van der Waals surface area contributed by atoms with Gasteiger partial charge in [0.25, 0.3) is 0 Å². The third-order valence-corrected chi connectivity index (χ3v) is 4.51. The van der Waals surface area contributed by atoms with Crippen molar-refractivity contribution >= 4 is 17.6 Å². The number of carboxylic acid groups (broad SMARTS) is 1. The molecule has 1 heterocycles. The van der Waals surface area contributed by atoms with Crippen LogP contribution in [0.25, 0.3) is 0 Å². The van der Waals surface area contributed by atoms with Gasteiger partial charge in [0.2, 0.25) is 0 Å². The number of carboxylic acids is 1. The van der Waals surface area contributed by atoms with Crippen molar-refractivity contribution in [3.8, 4) is 5.75 Å². The summed E-state index contributed by atoms with van der Waals surface area (Å²) in [7, 11) is 0. The molecular weight excluding hydrogens is 290 g/mol. The van der Waals surface area contributed by atoms with Gasteiger partial charge in [-0.1, -0.05) is 18.5 Å². The first-order valence-corrected chi connectivity index (χ1v) is 7.75. The van der Waals surface area contributed by atoms with Crippen LogP contribution in [0.5, 0.6) is 5.75 Å². The van der Waals surface area contributed by atoms with Gasteiger partial charge in [-0.15, -0.1) is 0 Å². The SMILES string of the molecule is CC(CC(=O)O)C1CCCN(Cc2cc(Cl)ccc2O)C1. The third-order valence-electron chi connectivity index (χ3n) is 4.28. The summed E-state index contributed by atoms with van der Waals surface area (Å²) in [5.41, 5.74) is 0.828. The standard InChI is InChI=1S/C16H22ClNO3/c1-11(7-16(20)21)12-3-2-6-18(9-12)10-13-8-14(17)4-5-15(13)19/h4-5,8,11-12,19H,2-3,6-7,9-10H2,1H3,(H,20,21). The lowest BCUT2D eigenvalue weighted by molar-refractivity contribution is -0.138. The number of phenols is 1. The smallest absolute Gasteiger partial charge is 0.303 e. The lowest BCUT2D eigenvalue weighted by Gasteiger charge is -2.35. The summed E-state index contributed by atoms with van der Waals surface area (Å²) in [6, 6.07) is 5.08. The summed E-state index contributed by atoms with van der Waals surface area (Å²) in [5, 5.41) is 19.4. The van der Waals surface area contributed by atoms with Crippen molar-refractivity contribution in [2.75, 3.05) is 13.1 Å². The van der Waals surface area contributed by atoms with Crippen molar-refractivity contribution < 1.29 is 15.0 Å². The molecule has 0 amide bonds. The van der Waals surface area contributed by atoms with Gasteiger partial charge in [-0.2, -0.15) is 0 Å². The molecule has 0 spiro atoms. The van der Waals surface area contributed by atoms with Gasteiger partial charge in [-0.3, -0.25) is 9.69 Å². The Bertz CT molecular complexity index is 506. The number of halogens is 1. The highest BCUT2D eigenvalue weighted by Crippen LogP contribution is 2.29. The molecule has 4 nitrogen and oxygen atoms in total. The zero-order valence-corrected chi connectivity index (χ0v) is 13.0. The highest BCUT2D eigenvalue weighted by Gasteiger charge is 2.26. The molecule has 0 radical (unpaired) electrons. The summed E-state index contributed by atoms with van der Waals surface area (Å²) in [6.07, 6.45) is 2.36. The molecule has 1 saturated heterocycles. The summed E-state index contributed by atoms with van der Waals surface area (Å²) in [4.78, 5) is 13.1. The molecule has 0 aromatic heterocycles. The zero-order chi connectivity index (χ0) is 15.4. The van der Waals surface area contributed by atoms with Crippen LogP contribution in [0, 0.1) is 11.8 Å². The van der Waals surface area contributed by atoms with E-state index >= 15 is 0 Å². The molecule has 2 N–H and O–H groups in total. The second kappa shape index (κ2) is 7.14. The molecule has 1 fully saturated rings. The Kier molecular flexibility index (Phi) is 5.48. The summed E-state index contributed by atoms with van der Waals surface area (Å²) in [5.74, 6) is 0.113. The van der Waals surface area contributed by atoms with Crippen molar-refractivity contribution in [1.82, 2.24) is 4.90 Å². The Balaban J connectivity index is 1.98. The van der Waals surface area contributed by atoms with Crippen LogP contribution in [0.3, 0.4) is 0 Å². The van der Waals surface area contributed by atoms with E-state index in [1.165, 1.54) is 0 Å². The van der Waals surface area contributed by atoms with Gasteiger partial charge >= 0.3 is 5.97 Å². The number of phenolic OH excluding ortho intramolecular Hbond substituents is 1. The van der Waals surface area contributed by atoms with E-state index in [0.29, 0.717) is 17.5 Å². The monoisotopic (exact) mass is 311 g/mol. The molecule has 2 rings (SSSR count). The van der Waals surface area contributed by atoms with E-state index in [1.807, 2.05) is 6.92 Å². The van der Waals surface area contributed by atoms with Crippen LogP contribution >= 0.6 is 11.6 Å². The first-order chi connectivity index (χ1) is 9.95. The maximum absolute atomic E-state index is 10.8. The fraction of sp³-hybridized carbons (Fsp3) is 0.562. The van der Waals surface area contributed by atoms with E-state index < -0.39 is 5.97 Å². The number of benzene rings is 1. The Morgan fingerprint density at radius 1 is 1.52 bits per heavy atom. The van der Waals surface area contributed by atoms with Gasteiger partial charge in [0.05, 0.1) is 0 Å². The normalized spacial score (nSPS) is 21.1. The van der Waals surface area contributed by atoms with Crippen molar-refractivity contribution in [2.45, 2.75) is 32.7 Å². The minimum atomic E-state index is -0.730. The topological polar surface area (TPSA) is 60.8 Å². The molecule has 2 atom stereocenters. The summed E-state index contributed by atoms with van der Waals surface area (Å²) >= 11 is 5.98. The number of rotatable bonds is 5. The van der Waals surface area contributed by atoms with Crippen molar-refractivity contribution in [3.63, 3.8) is 0 Å². The lowest BCUT2D eigenvalue weighted by atomic mass is 9.84. The summed E-state index contributed by atoms with van der Waals surface area (Å²) in [6.45, 7) is 4.52. The predicted molar refractivity (Wildman–Crippen MR) is 82.5 cm³/mol. The van der Waals surface area contributed by atoms with Crippen LogP contribution in [0.4, 0.5) is 0 Å². The molecule has 116 valence electrons. The van der Waals surface area contributed by atoms with E-state index in [2.05, 4.69) is 4.90 Å². The Morgan fingerprint density at radius 3 is 3.00 bits per heavy atom. The average Bonchev–Trinajstić information content (AvgIpc) is 2.42. The molecular formula is C16H22ClNO3. The van der Waals surface area contributed by atoms with Crippen molar-refractivity contribution in [3.05, 3.63) is 28.8 Å². The molecule has 2 unspecified atom stereocenters. The van der Waals surface area contributed by atoms with Crippen LogP contribution in [0.2, 0.25) is 5.02 Å². The largest absolute Gasteiger partial charge is 0.508 e. The molecule has 5 heteroatoms. The lowest BCUT2D eigenvalue weighted by Crippen LogP contribution is -2.37. The molecule has 1 aromatic carbocycles. The maximum Gasteiger partial charge on any atom is 0.303 e. The number of aliphatic carboxylic acids is 1. The van der Waals surface area contributed by atoms with Crippen molar-refractivity contribution in [1.29, 1.82) is 0 Å². The van der Waals surface area contributed by atoms with Crippen LogP contribution in [-0.4, -0.2) is 34.2 Å². The minimum Gasteiger partial charge on any atom is -0.508 e. The second-order valence-electron chi connectivity index (χ2n) is 5.99. The Labute approximate surface area is 130 Å². The predicted octanol–water partition coefficient (Wildman–Crippen LogP) is 3.37. The second-order valence-corrected chi connectivity index (χ2v) is 6.42. The van der Waals surface area contributed by atoms with Gasteiger partial charge in [-0.25, -0.2) is 0 Å². The number of carbonyl (C=O) groups is 1. The number of piperidine rings is 1. The van der Waals surface area contributed by atoms with E-state index in [4.69, 9.17) is 16.7 Å². The summed E-state index contributed by atoms with van der Waals surface area (Å²) < 4.78 is 0. The van der Waals surface area contributed by atoms with Gasteiger partial charge < -0.3 is 10.2 Å². The number of nitrogens with zero attached hydrogens (tertiary/aromatic N) is 1. The van der Waals surface area contributed by atoms with Crippen LogP contribution in [0.1, 0.15) is 31.7 Å². The number of hydrogen-bond acceptors (Lipinski definition) is 3. The molecule has 1 aliphatic heterocycles. The van der Waals surface area contributed by atoms with E-state index in [1.54, 1.807) is 18.2 Å². The first kappa shape index (κ1) is 16.1. The molecule has 0 saturated carbocycles. The molecule has 1 aliphatic rings. The number of aromatic hydroxyl groups is 1. The van der Waals surface area contributed by atoms with E-state index in [-0.39, 0.29) is 18.1 Å². The fourth-order valence-corrected chi connectivity index (χ4v) is 3.26. The molecule has 21 heavy (non-hydrogen) atoms. The number of hydrogen-bond donors (Lipinski definition) is 2. The highest BCUT2D eigenvalue weighted by molar-refractivity contribution is 6.30. The molecule has 0 aliphatic carbocycles.